The first-order valence-corrected chi connectivity index (χ1v) is 9.29. The maximum Gasteiger partial charge on any atom is 0.270 e. The Balaban J connectivity index is 2.02. The molecule has 0 saturated heterocycles. The van der Waals surface area contributed by atoms with Gasteiger partial charge in [-0.1, -0.05) is 56.7 Å². The van der Waals surface area contributed by atoms with Crippen LogP contribution in [0.15, 0.2) is 54.6 Å². The Kier molecular flexibility index (Phi) is 7.68. The number of non-ortho nitro benzene ring substituents is 1. The minimum Gasteiger partial charge on any atom is -0.354 e. The molecule has 0 radical (unpaired) electrons. The molecule has 148 valence electrons. The summed E-state index contributed by atoms with van der Waals surface area (Å²) < 4.78 is 0. The van der Waals surface area contributed by atoms with E-state index < -0.39 is 16.9 Å². The molecular weight excluding hydrogens is 358 g/mol. The Labute approximate surface area is 164 Å². The zero-order valence-corrected chi connectivity index (χ0v) is 16.1. The van der Waals surface area contributed by atoms with Crippen LogP contribution in [-0.2, 0) is 11.2 Å². The summed E-state index contributed by atoms with van der Waals surface area (Å²) >= 11 is 0. The maximum atomic E-state index is 12.6. The average molecular weight is 383 g/mol. The van der Waals surface area contributed by atoms with Gasteiger partial charge >= 0.3 is 0 Å². The Morgan fingerprint density at radius 3 is 2.46 bits per heavy atom. The number of amides is 2. The van der Waals surface area contributed by atoms with Gasteiger partial charge in [0.2, 0.25) is 5.91 Å². The molecule has 7 heteroatoms. The molecule has 2 rings (SSSR count). The van der Waals surface area contributed by atoms with Crippen LogP contribution in [0, 0.1) is 16.0 Å². The molecule has 0 saturated carbocycles. The molecule has 0 aliphatic rings. The zero-order valence-electron chi connectivity index (χ0n) is 16.1. The molecular formula is C21H25N3O4. The predicted molar refractivity (Wildman–Crippen MR) is 107 cm³/mol. The predicted octanol–water partition coefficient (Wildman–Crippen LogP) is 3.10. The van der Waals surface area contributed by atoms with E-state index in [0.29, 0.717) is 19.4 Å². The van der Waals surface area contributed by atoms with E-state index in [2.05, 4.69) is 10.6 Å². The Morgan fingerprint density at radius 1 is 1.11 bits per heavy atom. The number of nitrogens with one attached hydrogen (secondary N) is 2. The van der Waals surface area contributed by atoms with Crippen LogP contribution in [0.5, 0.6) is 0 Å². The SMILES string of the molecule is CCC(C)C(NC(=O)c1cccc([N+](=O)[O-])c1)C(=O)NCCc1ccccc1. The molecule has 0 aromatic heterocycles. The first-order chi connectivity index (χ1) is 13.4. The first kappa shape index (κ1) is 21.1. The summed E-state index contributed by atoms with van der Waals surface area (Å²) in [6, 6.07) is 14.5. The highest BCUT2D eigenvalue weighted by molar-refractivity contribution is 5.98. The van der Waals surface area contributed by atoms with Gasteiger partial charge in [0.25, 0.3) is 11.6 Å². The Hall–Kier alpha value is -3.22. The first-order valence-electron chi connectivity index (χ1n) is 9.29. The summed E-state index contributed by atoms with van der Waals surface area (Å²) in [4.78, 5) is 35.5. The van der Waals surface area contributed by atoms with Crippen molar-refractivity contribution in [3.05, 3.63) is 75.8 Å². The quantitative estimate of drug-likeness (QED) is 0.513. The molecule has 0 aliphatic carbocycles. The van der Waals surface area contributed by atoms with Crippen LogP contribution in [0.3, 0.4) is 0 Å². The van der Waals surface area contributed by atoms with Crippen LogP contribution in [0.1, 0.15) is 36.2 Å². The van der Waals surface area contributed by atoms with Crippen molar-refractivity contribution in [3.8, 4) is 0 Å². The molecule has 2 N–H and O–H groups in total. The smallest absolute Gasteiger partial charge is 0.270 e. The van der Waals surface area contributed by atoms with Gasteiger partial charge in [-0.25, -0.2) is 0 Å². The summed E-state index contributed by atoms with van der Waals surface area (Å²) in [6.45, 7) is 4.28. The molecule has 0 bridgehead atoms. The molecule has 0 spiro atoms. The summed E-state index contributed by atoms with van der Waals surface area (Å²) in [5.41, 5.74) is 1.10. The molecule has 2 aromatic carbocycles. The number of hydrogen-bond donors (Lipinski definition) is 2. The third-order valence-corrected chi connectivity index (χ3v) is 4.66. The zero-order chi connectivity index (χ0) is 20.5. The van der Waals surface area contributed by atoms with E-state index in [1.165, 1.54) is 24.3 Å². The van der Waals surface area contributed by atoms with E-state index in [0.717, 1.165) is 5.56 Å². The lowest BCUT2D eigenvalue weighted by molar-refractivity contribution is -0.384. The molecule has 7 nitrogen and oxygen atoms in total. The van der Waals surface area contributed by atoms with Crippen LogP contribution in [0.4, 0.5) is 5.69 Å². The van der Waals surface area contributed by atoms with Crippen LogP contribution in [0.25, 0.3) is 0 Å². The minimum absolute atomic E-state index is 0.0839. The normalized spacial score (nSPS) is 12.6. The van der Waals surface area contributed by atoms with Crippen molar-refractivity contribution in [1.82, 2.24) is 10.6 Å². The van der Waals surface area contributed by atoms with Crippen LogP contribution < -0.4 is 10.6 Å². The number of nitrogens with zero attached hydrogens (tertiary/aromatic N) is 1. The number of benzene rings is 2. The number of rotatable bonds is 9. The highest BCUT2D eigenvalue weighted by Crippen LogP contribution is 2.14. The number of nitro benzene ring substituents is 1. The minimum atomic E-state index is -0.715. The van der Waals surface area contributed by atoms with E-state index in [9.17, 15) is 19.7 Å². The summed E-state index contributed by atoms with van der Waals surface area (Å²) in [5.74, 6) is -0.851. The molecule has 28 heavy (non-hydrogen) atoms. The third kappa shape index (κ3) is 5.90. The lowest BCUT2D eigenvalue weighted by Crippen LogP contribution is -2.50. The van der Waals surface area contributed by atoms with Gasteiger partial charge in [0.05, 0.1) is 4.92 Å². The average Bonchev–Trinajstić information content (AvgIpc) is 2.72. The van der Waals surface area contributed by atoms with Gasteiger partial charge in [0, 0.05) is 24.2 Å². The van der Waals surface area contributed by atoms with Crippen molar-refractivity contribution in [2.75, 3.05) is 6.54 Å². The van der Waals surface area contributed by atoms with E-state index in [-0.39, 0.29) is 23.1 Å². The highest BCUT2D eigenvalue weighted by atomic mass is 16.6. The Bertz CT molecular complexity index is 823. The molecule has 2 amide bonds. The van der Waals surface area contributed by atoms with Gasteiger partial charge in [0.15, 0.2) is 0 Å². The highest BCUT2D eigenvalue weighted by Gasteiger charge is 2.26. The summed E-state index contributed by atoms with van der Waals surface area (Å²) in [6.07, 6.45) is 1.39. The van der Waals surface area contributed by atoms with Gasteiger partial charge < -0.3 is 10.6 Å². The van der Waals surface area contributed by atoms with Crippen LogP contribution in [0.2, 0.25) is 0 Å². The molecule has 0 heterocycles. The number of carbonyl (C=O) groups excluding carboxylic acids is 2. The van der Waals surface area contributed by atoms with E-state index in [1.807, 2.05) is 44.2 Å². The summed E-state index contributed by atoms with van der Waals surface area (Å²) in [7, 11) is 0. The van der Waals surface area contributed by atoms with Gasteiger partial charge in [-0.2, -0.15) is 0 Å². The van der Waals surface area contributed by atoms with Crippen molar-refractivity contribution in [1.29, 1.82) is 0 Å². The van der Waals surface area contributed by atoms with Crippen molar-refractivity contribution >= 4 is 17.5 Å². The van der Waals surface area contributed by atoms with Gasteiger partial charge in [0.1, 0.15) is 6.04 Å². The third-order valence-electron chi connectivity index (χ3n) is 4.66. The monoisotopic (exact) mass is 383 g/mol. The van der Waals surface area contributed by atoms with E-state index in [4.69, 9.17) is 0 Å². The van der Waals surface area contributed by atoms with Gasteiger partial charge in [-0.3, -0.25) is 19.7 Å². The van der Waals surface area contributed by atoms with Gasteiger partial charge in [-0.05, 0) is 24.0 Å². The number of nitro groups is 1. The van der Waals surface area contributed by atoms with E-state index in [1.54, 1.807) is 0 Å². The fourth-order valence-corrected chi connectivity index (χ4v) is 2.77. The second kappa shape index (κ2) is 10.2. The molecule has 2 atom stereocenters. The van der Waals surface area contributed by atoms with Crippen molar-refractivity contribution < 1.29 is 14.5 Å². The van der Waals surface area contributed by atoms with Gasteiger partial charge in [-0.15, -0.1) is 0 Å². The summed E-state index contributed by atoms with van der Waals surface area (Å²) in [5, 5.41) is 16.5. The fraction of sp³-hybridized carbons (Fsp3) is 0.333. The molecule has 2 unspecified atom stereocenters. The largest absolute Gasteiger partial charge is 0.354 e. The Morgan fingerprint density at radius 2 is 1.82 bits per heavy atom. The number of carbonyl (C=O) groups is 2. The van der Waals surface area contributed by atoms with Crippen molar-refractivity contribution in [2.45, 2.75) is 32.7 Å². The standard InChI is InChI=1S/C21H25N3O4/c1-3-15(2)19(21(26)22-13-12-16-8-5-4-6-9-16)23-20(25)17-10-7-11-18(14-17)24(27)28/h4-11,14-15,19H,3,12-13H2,1-2H3,(H,22,26)(H,23,25). The lowest BCUT2D eigenvalue weighted by Gasteiger charge is -2.23. The van der Waals surface area contributed by atoms with Crippen LogP contribution >= 0.6 is 0 Å². The van der Waals surface area contributed by atoms with Crippen LogP contribution in [-0.4, -0.2) is 29.3 Å². The second-order valence-electron chi connectivity index (χ2n) is 6.67. The lowest BCUT2D eigenvalue weighted by atomic mass is 9.97. The molecule has 2 aromatic rings. The number of hydrogen-bond acceptors (Lipinski definition) is 4. The molecule has 0 fully saturated rings. The van der Waals surface area contributed by atoms with Crippen molar-refractivity contribution in [2.24, 2.45) is 5.92 Å². The fourth-order valence-electron chi connectivity index (χ4n) is 2.77. The topological polar surface area (TPSA) is 101 Å². The maximum absolute atomic E-state index is 12.6. The second-order valence-corrected chi connectivity index (χ2v) is 6.67. The van der Waals surface area contributed by atoms with E-state index >= 15 is 0 Å². The van der Waals surface area contributed by atoms with Crippen molar-refractivity contribution in [3.63, 3.8) is 0 Å². The molecule has 0 aliphatic heterocycles.